The molecule has 0 bridgehead atoms. The number of hydrogen-bond donors (Lipinski definition) is 0. The van der Waals surface area contributed by atoms with Crippen LogP contribution in [0, 0.1) is 5.92 Å². The van der Waals surface area contributed by atoms with Gasteiger partial charge in [-0.2, -0.15) is 0 Å². The second kappa shape index (κ2) is 6.97. The Morgan fingerprint density at radius 2 is 1.95 bits per heavy atom. The summed E-state index contributed by atoms with van der Waals surface area (Å²) in [6.07, 6.45) is 1.79. The highest BCUT2D eigenvalue weighted by molar-refractivity contribution is 9.10. The highest BCUT2D eigenvalue weighted by Crippen LogP contribution is 2.26. The first kappa shape index (κ1) is 17.2. The second-order valence-electron chi connectivity index (χ2n) is 6.62. The van der Waals surface area contributed by atoms with Crippen molar-refractivity contribution < 1.29 is 9.53 Å². The summed E-state index contributed by atoms with van der Waals surface area (Å²) in [5.41, 5.74) is 1.91. The first-order chi connectivity index (χ1) is 10.3. The maximum Gasteiger partial charge on any atom is 0.247 e. The van der Waals surface area contributed by atoms with Crippen molar-refractivity contribution in [2.75, 3.05) is 19.8 Å². The van der Waals surface area contributed by atoms with Crippen LogP contribution in [0.4, 0.5) is 0 Å². The van der Waals surface area contributed by atoms with Gasteiger partial charge in [-0.15, -0.1) is 0 Å². The van der Waals surface area contributed by atoms with Gasteiger partial charge in [0.25, 0.3) is 0 Å². The molecule has 0 N–H and O–H groups in total. The second-order valence-corrected chi connectivity index (χ2v) is 7.53. The predicted octanol–water partition coefficient (Wildman–Crippen LogP) is 4.13. The molecule has 3 nitrogen and oxygen atoms in total. The number of carbonyl (C=O) groups is 1. The number of halogens is 1. The van der Waals surface area contributed by atoms with Gasteiger partial charge in [0.15, 0.2) is 0 Å². The summed E-state index contributed by atoms with van der Waals surface area (Å²) < 4.78 is 6.54. The van der Waals surface area contributed by atoms with E-state index in [1.807, 2.05) is 43.0 Å². The normalized spacial score (nSPS) is 18.6. The molecule has 0 aliphatic carbocycles. The Morgan fingerprint density at radius 3 is 2.50 bits per heavy atom. The third kappa shape index (κ3) is 3.99. The molecule has 1 aliphatic rings. The van der Waals surface area contributed by atoms with Crippen molar-refractivity contribution in [3.63, 3.8) is 0 Å². The third-order valence-corrected chi connectivity index (χ3v) is 4.52. The van der Waals surface area contributed by atoms with E-state index in [0.717, 1.165) is 15.6 Å². The molecule has 1 amide bonds. The minimum absolute atomic E-state index is 0.0694. The van der Waals surface area contributed by atoms with Crippen LogP contribution >= 0.6 is 15.9 Å². The Bertz CT molecular complexity index is 561. The van der Waals surface area contributed by atoms with Gasteiger partial charge in [-0.05, 0) is 43.0 Å². The average molecular weight is 366 g/mol. The maximum absolute atomic E-state index is 12.8. The van der Waals surface area contributed by atoms with E-state index in [0.29, 0.717) is 19.8 Å². The van der Waals surface area contributed by atoms with Crippen molar-refractivity contribution in [3.05, 3.63) is 40.4 Å². The smallest absolute Gasteiger partial charge is 0.247 e. The molecular weight excluding hydrogens is 342 g/mol. The number of rotatable bonds is 3. The Hall–Kier alpha value is -1.13. The van der Waals surface area contributed by atoms with Crippen LogP contribution in [-0.4, -0.2) is 36.1 Å². The molecule has 0 atom stereocenters. The molecule has 1 fully saturated rings. The van der Waals surface area contributed by atoms with Crippen molar-refractivity contribution in [2.24, 2.45) is 5.92 Å². The highest BCUT2D eigenvalue weighted by atomic mass is 79.9. The molecule has 120 valence electrons. The molecule has 2 rings (SSSR count). The molecule has 1 heterocycles. The molecule has 1 aliphatic heterocycles. The van der Waals surface area contributed by atoms with E-state index in [1.54, 1.807) is 6.08 Å². The molecule has 0 unspecified atom stereocenters. The van der Waals surface area contributed by atoms with Gasteiger partial charge in [0.05, 0.1) is 18.8 Å². The van der Waals surface area contributed by atoms with Crippen LogP contribution in [0.1, 0.15) is 33.3 Å². The van der Waals surface area contributed by atoms with Crippen molar-refractivity contribution in [2.45, 2.75) is 33.2 Å². The van der Waals surface area contributed by atoms with Crippen LogP contribution in [0.5, 0.6) is 0 Å². The molecule has 22 heavy (non-hydrogen) atoms. The van der Waals surface area contributed by atoms with E-state index in [2.05, 4.69) is 29.8 Å². The number of morpholine rings is 1. The zero-order valence-corrected chi connectivity index (χ0v) is 15.3. The van der Waals surface area contributed by atoms with E-state index >= 15 is 0 Å². The first-order valence-corrected chi connectivity index (χ1v) is 8.47. The summed E-state index contributed by atoms with van der Waals surface area (Å²) >= 11 is 3.45. The number of ether oxygens (including phenoxy) is 1. The molecule has 1 aromatic rings. The lowest BCUT2D eigenvalue weighted by molar-refractivity contribution is -0.140. The van der Waals surface area contributed by atoms with Gasteiger partial charge in [-0.3, -0.25) is 4.79 Å². The SMILES string of the molecule is CC(C)/C(=C\C(=O)N1CCOCC1(C)C)c1ccc(Br)cc1. The monoisotopic (exact) mass is 365 g/mol. The number of carbonyl (C=O) groups excluding carboxylic acids is 1. The summed E-state index contributed by atoms with van der Waals surface area (Å²) in [7, 11) is 0. The Balaban J connectivity index is 2.29. The molecular formula is C18H24BrNO2. The fraction of sp³-hybridized carbons (Fsp3) is 0.500. The van der Waals surface area contributed by atoms with Gasteiger partial charge in [-0.25, -0.2) is 0 Å². The Kier molecular flexibility index (Phi) is 5.45. The average Bonchev–Trinajstić information content (AvgIpc) is 2.45. The standard InChI is InChI=1S/C18H24BrNO2/c1-13(2)16(14-5-7-15(19)8-6-14)11-17(21)20-9-10-22-12-18(20,3)4/h5-8,11,13H,9-10,12H2,1-4H3/b16-11+. The summed E-state index contributed by atoms with van der Waals surface area (Å²) in [4.78, 5) is 14.7. The third-order valence-electron chi connectivity index (χ3n) is 3.99. The Morgan fingerprint density at radius 1 is 1.32 bits per heavy atom. The van der Waals surface area contributed by atoms with E-state index in [-0.39, 0.29) is 17.4 Å². The predicted molar refractivity (Wildman–Crippen MR) is 93.6 cm³/mol. The molecule has 0 aromatic heterocycles. The fourth-order valence-corrected chi connectivity index (χ4v) is 2.97. The largest absolute Gasteiger partial charge is 0.377 e. The van der Waals surface area contributed by atoms with Gasteiger partial charge in [0, 0.05) is 17.1 Å². The van der Waals surface area contributed by atoms with E-state index < -0.39 is 0 Å². The summed E-state index contributed by atoms with van der Waals surface area (Å²) in [6, 6.07) is 8.12. The van der Waals surface area contributed by atoms with Crippen molar-refractivity contribution >= 4 is 27.4 Å². The number of nitrogens with zero attached hydrogens (tertiary/aromatic N) is 1. The number of amides is 1. The minimum Gasteiger partial charge on any atom is -0.377 e. The molecule has 4 heteroatoms. The quantitative estimate of drug-likeness (QED) is 0.753. The van der Waals surface area contributed by atoms with Crippen molar-refractivity contribution in [1.82, 2.24) is 4.90 Å². The zero-order valence-electron chi connectivity index (χ0n) is 13.7. The summed E-state index contributed by atoms with van der Waals surface area (Å²) in [5, 5.41) is 0. The number of allylic oxidation sites excluding steroid dienone is 1. The first-order valence-electron chi connectivity index (χ1n) is 7.68. The lowest BCUT2D eigenvalue weighted by Crippen LogP contribution is -2.55. The van der Waals surface area contributed by atoms with E-state index in [9.17, 15) is 4.79 Å². The Labute approximate surface area is 141 Å². The van der Waals surface area contributed by atoms with Gasteiger partial charge >= 0.3 is 0 Å². The minimum atomic E-state index is -0.256. The van der Waals surface area contributed by atoms with Crippen LogP contribution in [0.25, 0.3) is 5.57 Å². The zero-order chi connectivity index (χ0) is 16.3. The molecule has 0 radical (unpaired) electrons. The summed E-state index contributed by atoms with van der Waals surface area (Å²) in [6.45, 7) is 10.2. The topological polar surface area (TPSA) is 29.5 Å². The van der Waals surface area contributed by atoms with Crippen LogP contribution < -0.4 is 0 Å². The van der Waals surface area contributed by atoms with Crippen LogP contribution in [0.3, 0.4) is 0 Å². The summed E-state index contributed by atoms with van der Waals surface area (Å²) in [5.74, 6) is 0.356. The lowest BCUT2D eigenvalue weighted by atomic mass is 9.94. The lowest BCUT2D eigenvalue weighted by Gasteiger charge is -2.41. The van der Waals surface area contributed by atoms with E-state index in [1.165, 1.54) is 0 Å². The van der Waals surface area contributed by atoms with Crippen LogP contribution in [0.15, 0.2) is 34.8 Å². The van der Waals surface area contributed by atoms with Crippen molar-refractivity contribution in [1.29, 1.82) is 0 Å². The van der Waals surface area contributed by atoms with Crippen LogP contribution in [-0.2, 0) is 9.53 Å². The number of benzene rings is 1. The maximum atomic E-state index is 12.8. The molecule has 1 aromatic carbocycles. The van der Waals surface area contributed by atoms with Crippen LogP contribution in [0.2, 0.25) is 0 Å². The fourth-order valence-electron chi connectivity index (χ4n) is 2.70. The molecule has 0 saturated carbocycles. The highest BCUT2D eigenvalue weighted by Gasteiger charge is 2.33. The van der Waals surface area contributed by atoms with Gasteiger partial charge in [-0.1, -0.05) is 41.9 Å². The molecule has 0 spiro atoms. The van der Waals surface area contributed by atoms with Gasteiger partial charge in [0.1, 0.15) is 0 Å². The molecule has 1 saturated heterocycles. The van der Waals surface area contributed by atoms with E-state index in [4.69, 9.17) is 4.74 Å². The van der Waals surface area contributed by atoms with Crippen molar-refractivity contribution in [3.8, 4) is 0 Å². The van der Waals surface area contributed by atoms with Gasteiger partial charge < -0.3 is 9.64 Å². The number of hydrogen-bond acceptors (Lipinski definition) is 2. The van der Waals surface area contributed by atoms with Gasteiger partial charge in [0.2, 0.25) is 5.91 Å².